The highest BCUT2D eigenvalue weighted by Gasteiger charge is 2.30. The van der Waals surface area contributed by atoms with Crippen molar-refractivity contribution < 1.29 is 4.79 Å². The molecule has 0 spiro atoms. The van der Waals surface area contributed by atoms with Gasteiger partial charge in [-0.3, -0.25) is 4.79 Å². The molecule has 116 valence electrons. The van der Waals surface area contributed by atoms with Crippen molar-refractivity contribution in [2.24, 2.45) is 0 Å². The molecule has 0 saturated heterocycles. The van der Waals surface area contributed by atoms with Crippen molar-refractivity contribution in [3.8, 4) is 0 Å². The molecule has 0 fully saturated rings. The van der Waals surface area contributed by atoms with Gasteiger partial charge in [0.1, 0.15) is 5.82 Å². The van der Waals surface area contributed by atoms with Gasteiger partial charge in [0, 0.05) is 31.7 Å². The Morgan fingerprint density at radius 1 is 1.41 bits per heavy atom. The van der Waals surface area contributed by atoms with Gasteiger partial charge in [-0.15, -0.1) is 11.3 Å². The first-order valence-corrected chi connectivity index (χ1v) is 8.50. The second-order valence-electron chi connectivity index (χ2n) is 5.77. The molecule has 5 heteroatoms. The van der Waals surface area contributed by atoms with Crippen LogP contribution in [0.25, 0.3) is 0 Å². The zero-order chi connectivity index (χ0) is 15.7. The van der Waals surface area contributed by atoms with E-state index in [1.54, 1.807) is 17.5 Å². The Bertz CT molecular complexity index is 663. The highest BCUT2D eigenvalue weighted by atomic mass is 32.1. The first-order valence-electron chi connectivity index (χ1n) is 7.62. The number of carbonyl (C=O) groups is 1. The molecular formula is C17H21N3OS. The zero-order valence-electron chi connectivity index (χ0n) is 13.2. The number of rotatable bonds is 3. The third-order valence-electron chi connectivity index (χ3n) is 4.20. The minimum absolute atomic E-state index is 0.0847. The molecule has 2 aromatic heterocycles. The summed E-state index contributed by atoms with van der Waals surface area (Å²) in [7, 11) is 3.89. The summed E-state index contributed by atoms with van der Waals surface area (Å²) in [5.74, 6) is 0.948. The molecule has 0 unspecified atom stereocenters. The van der Waals surface area contributed by atoms with E-state index in [0.717, 1.165) is 25.2 Å². The maximum atomic E-state index is 12.9. The van der Waals surface area contributed by atoms with E-state index in [0.29, 0.717) is 5.56 Å². The van der Waals surface area contributed by atoms with Crippen LogP contribution in [0.2, 0.25) is 0 Å². The van der Waals surface area contributed by atoms with E-state index >= 15 is 0 Å². The van der Waals surface area contributed by atoms with Crippen LogP contribution in [-0.4, -0.2) is 36.4 Å². The Morgan fingerprint density at radius 3 is 2.86 bits per heavy atom. The first kappa shape index (κ1) is 15.0. The number of thiophene rings is 1. The summed E-state index contributed by atoms with van der Waals surface area (Å²) in [6.07, 6.45) is 3.59. The highest BCUT2D eigenvalue weighted by molar-refractivity contribution is 7.10. The van der Waals surface area contributed by atoms with E-state index in [1.165, 1.54) is 10.4 Å². The standard InChI is InChI=1S/C17H21N3OS/c1-4-14-13-8-10-22-15(13)7-9-20(14)17(21)12-5-6-16(18-11-12)19(2)3/h5-6,8,10-11,14H,4,7,9H2,1-3H3/t14-/m0/s1. The molecule has 0 N–H and O–H groups in total. The van der Waals surface area contributed by atoms with Gasteiger partial charge in [-0.05, 0) is 42.0 Å². The summed E-state index contributed by atoms with van der Waals surface area (Å²) in [4.78, 5) is 22.6. The van der Waals surface area contributed by atoms with Crippen LogP contribution in [0.4, 0.5) is 5.82 Å². The highest BCUT2D eigenvalue weighted by Crippen LogP contribution is 2.35. The fourth-order valence-electron chi connectivity index (χ4n) is 3.02. The van der Waals surface area contributed by atoms with Gasteiger partial charge in [-0.25, -0.2) is 4.98 Å². The first-order chi connectivity index (χ1) is 10.6. The van der Waals surface area contributed by atoms with Gasteiger partial charge in [0.2, 0.25) is 0 Å². The third-order valence-corrected chi connectivity index (χ3v) is 5.19. The van der Waals surface area contributed by atoms with Gasteiger partial charge < -0.3 is 9.80 Å². The fraction of sp³-hybridized carbons (Fsp3) is 0.412. The monoisotopic (exact) mass is 315 g/mol. The second kappa shape index (κ2) is 6.08. The number of anilines is 1. The molecule has 1 atom stereocenters. The van der Waals surface area contributed by atoms with Gasteiger partial charge in [0.05, 0.1) is 11.6 Å². The Balaban J connectivity index is 1.85. The Kier molecular flexibility index (Phi) is 4.16. The largest absolute Gasteiger partial charge is 0.363 e. The molecule has 22 heavy (non-hydrogen) atoms. The van der Waals surface area contributed by atoms with Gasteiger partial charge in [0.25, 0.3) is 5.91 Å². The van der Waals surface area contributed by atoms with Crippen molar-refractivity contribution in [2.75, 3.05) is 25.5 Å². The maximum absolute atomic E-state index is 12.9. The van der Waals surface area contributed by atoms with E-state index in [9.17, 15) is 4.79 Å². The van der Waals surface area contributed by atoms with E-state index in [1.807, 2.05) is 36.0 Å². The fourth-order valence-corrected chi connectivity index (χ4v) is 3.95. The van der Waals surface area contributed by atoms with Gasteiger partial charge in [-0.2, -0.15) is 0 Å². The van der Waals surface area contributed by atoms with Crippen LogP contribution in [0.1, 0.15) is 40.2 Å². The molecule has 3 rings (SSSR count). The number of hydrogen-bond acceptors (Lipinski definition) is 4. The summed E-state index contributed by atoms with van der Waals surface area (Å²) in [6, 6.07) is 6.13. The lowest BCUT2D eigenvalue weighted by molar-refractivity contribution is 0.0657. The summed E-state index contributed by atoms with van der Waals surface area (Å²) in [5, 5.41) is 2.13. The van der Waals surface area contributed by atoms with Crippen LogP contribution in [0.3, 0.4) is 0 Å². The number of aromatic nitrogens is 1. The Morgan fingerprint density at radius 2 is 2.23 bits per heavy atom. The topological polar surface area (TPSA) is 36.4 Å². The van der Waals surface area contributed by atoms with E-state index in [2.05, 4.69) is 23.4 Å². The van der Waals surface area contributed by atoms with E-state index < -0.39 is 0 Å². The second-order valence-corrected chi connectivity index (χ2v) is 6.77. The zero-order valence-corrected chi connectivity index (χ0v) is 14.1. The number of amides is 1. The molecule has 0 saturated carbocycles. The van der Waals surface area contributed by atoms with Crippen LogP contribution in [0.15, 0.2) is 29.8 Å². The van der Waals surface area contributed by atoms with Crippen molar-refractivity contribution in [1.29, 1.82) is 0 Å². The quantitative estimate of drug-likeness (QED) is 0.871. The molecule has 4 nitrogen and oxygen atoms in total. The van der Waals surface area contributed by atoms with Crippen molar-refractivity contribution in [2.45, 2.75) is 25.8 Å². The van der Waals surface area contributed by atoms with E-state index in [-0.39, 0.29) is 11.9 Å². The minimum atomic E-state index is 0.0847. The predicted octanol–water partition coefficient (Wildman–Crippen LogP) is 3.36. The van der Waals surface area contributed by atoms with E-state index in [4.69, 9.17) is 0 Å². The van der Waals surface area contributed by atoms with Crippen molar-refractivity contribution in [3.63, 3.8) is 0 Å². The van der Waals surface area contributed by atoms with Crippen LogP contribution < -0.4 is 4.90 Å². The van der Waals surface area contributed by atoms with Crippen LogP contribution in [0, 0.1) is 0 Å². The minimum Gasteiger partial charge on any atom is -0.363 e. The number of pyridine rings is 1. The number of hydrogen-bond donors (Lipinski definition) is 0. The molecule has 0 aromatic carbocycles. The average Bonchev–Trinajstić information content (AvgIpc) is 3.01. The smallest absolute Gasteiger partial charge is 0.255 e. The molecule has 2 aromatic rings. The lowest BCUT2D eigenvalue weighted by atomic mass is 9.97. The SMILES string of the molecule is CC[C@H]1c2ccsc2CCN1C(=O)c1ccc(N(C)C)nc1. The molecule has 0 aliphatic carbocycles. The molecule has 3 heterocycles. The molecule has 0 bridgehead atoms. The van der Waals surface area contributed by atoms with Gasteiger partial charge in [-0.1, -0.05) is 6.92 Å². The molecule has 0 radical (unpaired) electrons. The molecular weight excluding hydrogens is 294 g/mol. The van der Waals surface area contributed by atoms with Gasteiger partial charge >= 0.3 is 0 Å². The number of carbonyl (C=O) groups excluding carboxylic acids is 1. The van der Waals surface area contributed by atoms with Crippen LogP contribution in [-0.2, 0) is 6.42 Å². The molecule has 1 aliphatic rings. The maximum Gasteiger partial charge on any atom is 0.255 e. The summed E-state index contributed by atoms with van der Waals surface area (Å²) < 4.78 is 0. The average molecular weight is 315 g/mol. The van der Waals surface area contributed by atoms with Gasteiger partial charge in [0.15, 0.2) is 0 Å². The third kappa shape index (κ3) is 2.61. The van der Waals surface area contributed by atoms with Crippen LogP contribution in [0.5, 0.6) is 0 Å². The summed E-state index contributed by atoms with van der Waals surface area (Å²) in [6.45, 7) is 2.94. The summed E-state index contributed by atoms with van der Waals surface area (Å²) in [5.41, 5.74) is 1.99. The molecule has 1 aliphatic heterocycles. The normalized spacial score (nSPS) is 17.2. The Labute approximate surface area is 135 Å². The lowest BCUT2D eigenvalue weighted by Gasteiger charge is -2.35. The van der Waals surface area contributed by atoms with Crippen molar-refractivity contribution >= 4 is 23.1 Å². The predicted molar refractivity (Wildman–Crippen MR) is 90.7 cm³/mol. The lowest BCUT2D eigenvalue weighted by Crippen LogP contribution is -2.39. The summed E-state index contributed by atoms with van der Waals surface area (Å²) >= 11 is 1.80. The Hall–Kier alpha value is -1.88. The van der Waals surface area contributed by atoms with Crippen molar-refractivity contribution in [1.82, 2.24) is 9.88 Å². The van der Waals surface area contributed by atoms with Crippen molar-refractivity contribution in [3.05, 3.63) is 45.8 Å². The number of nitrogens with zero attached hydrogens (tertiary/aromatic N) is 3. The van der Waals surface area contributed by atoms with Crippen LogP contribution >= 0.6 is 11.3 Å². The number of fused-ring (bicyclic) bond motifs is 1. The molecule has 1 amide bonds.